The summed E-state index contributed by atoms with van der Waals surface area (Å²) in [5.74, 6) is 1.49. The number of carbonyl (C=O) groups excluding carboxylic acids is 2. The standard InChI is InChI=1S/C17H16O3/c1-12(18)10-14-4-3-5-17(11-14)20-16-8-6-15(7-9-16)13(2)19/h3-9,11H,10H2,1-2H3. The Balaban J connectivity index is 2.13. The average Bonchev–Trinajstić information content (AvgIpc) is 2.39. The topological polar surface area (TPSA) is 43.4 Å². The van der Waals surface area contributed by atoms with Crippen LogP contribution in [0, 0.1) is 0 Å². The molecule has 0 saturated carbocycles. The number of rotatable bonds is 5. The molecule has 0 saturated heterocycles. The van der Waals surface area contributed by atoms with E-state index in [2.05, 4.69) is 0 Å². The van der Waals surface area contributed by atoms with Gasteiger partial charge in [-0.3, -0.25) is 9.59 Å². The lowest BCUT2D eigenvalue weighted by atomic mass is 10.1. The maximum Gasteiger partial charge on any atom is 0.159 e. The fourth-order valence-corrected chi connectivity index (χ4v) is 1.90. The van der Waals surface area contributed by atoms with E-state index in [0.717, 1.165) is 5.56 Å². The Labute approximate surface area is 118 Å². The van der Waals surface area contributed by atoms with Crippen LogP contribution in [0.2, 0.25) is 0 Å². The van der Waals surface area contributed by atoms with Gasteiger partial charge in [0, 0.05) is 12.0 Å². The van der Waals surface area contributed by atoms with Gasteiger partial charge in [-0.2, -0.15) is 0 Å². The summed E-state index contributed by atoms with van der Waals surface area (Å²) < 4.78 is 5.71. The van der Waals surface area contributed by atoms with Crippen molar-refractivity contribution in [1.29, 1.82) is 0 Å². The summed E-state index contributed by atoms with van der Waals surface area (Å²) >= 11 is 0. The quantitative estimate of drug-likeness (QED) is 0.774. The lowest BCUT2D eigenvalue weighted by Gasteiger charge is -2.07. The molecule has 0 unspecified atom stereocenters. The highest BCUT2D eigenvalue weighted by Gasteiger charge is 2.03. The van der Waals surface area contributed by atoms with Gasteiger partial charge >= 0.3 is 0 Å². The predicted octanol–water partition coefficient (Wildman–Crippen LogP) is 3.81. The summed E-state index contributed by atoms with van der Waals surface area (Å²) in [5.41, 5.74) is 1.58. The van der Waals surface area contributed by atoms with Gasteiger partial charge in [-0.25, -0.2) is 0 Å². The van der Waals surface area contributed by atoms with Crippen LogP contribution in [0.3, 0.4) is 0 Å². The van der Waals surface area contributed by atoms with Crippen molar-refractivity contribution in [2.24, 2.45) is 0 Å². The third kappa shape index (κ3) is 3.79. The van der Waals surface area contributed by atoms with Gasteiger partial charge in [-0.05, 0) is 55.8 Å². The normalized spacial score (nSPS) is 10.1. The Morgan fingerprint density at radius 3 is 2.25 bits per heavy atom. The minimum absolute atomic E-state index is 0.0278. The van der Waals surface area contributed by atoms with Crippen molar-refractivity contribution in [3.05, 3.63) is 59.7 Å². The van der Waals surface area contributed by atoms with E-state index < -0.39 is 0 Å². The van der Waals surface area contributed by atoms with E-state index >= 15 is 0 Å². The molecule has 2 aromatic carbocycles. The van der Waals surface area contributed by atoms with Crippen LogP contribution in [-0.2, 0) is 11.2 Å². The van der Waals surface area contributed by atoms with Gasteiger partial charge in [0.1, 0.15) is 17.3 Å². The molecule has 0 heterocycles. The Morgan fingerprint density at radius 2 is 1.65 bits per heavy atom. The Hall–Kier alpha value is -2.42. The summed E-state index contributed by atoms with van der Waals surface area (Å²) in [4.78, 5) is 22.3. The predicted molar refractivity (Wildman–Crippen MR) is 77.3 cm³/mol. The second-order valence-electron chi connectivity index (χ2n) is 4.71. The lowest BCUT2D eigenvalue weighted by molar-refractivity contribution is -0.116. The van der Waals surface area contributed by atoms with Crippen LogP contribution < -0.4 is 4.74 Å². The van der Waals surface area contributed by atoms with Crippen LogP contribution in [0.25, 0.3) is 0 Å². The molecule has 0 atom stereocenters. The second kappa shape index (κ2) is 6.15. The van der Waals surface area contributed by atoms with Crippen LogP contribution in [0.15, 0.2) is 48.5 Å². The third-order valence-electron chi connectivity index (χ3n) is 2.85. The largest absolute Gasteiger partial charge is 0.457 e. The first-order valence-corrected chi connectivity index (χ1v) is 6.42. The Morgan fingerprint density at radius 1 is 0.950 bits per heavy atom. The molecular formula is C17H16O3. The molecule has 2 rings (SSSR count). The molecule has 0 aromatic heterocycles. The van der Waals surface area contributed by atoms with Crippen LogP contribution in [0.5, 0.6) is 11.5 Å². The lowest BCUT2D eigenvalue weighted by Crippen LogP contribution is -1.96. The first-order valence-electron chi connectivity index (χ1n) is 6.42. The van der Waals surface area contributed by atoms with Gasteiger partial charge in [0.25, 0.3) is 0 Å². The summed E-state index contributed by atoms with van der Waals surface area (Å²) in [6.45, 7) is 3.09. The molecule has 102 valence electrons. The fourth-order valence-electron chi connectivity index (χ4n) is 1.90. The zero-order valence-corrected chi connectivity index (χ0v) is 11.6. The Bertz CT molecular complexity index is 627. The van der Waals surface area contributed by atoms with Gasteiger partial charge in [0.15, 0.2) is 5.78 Å². The highest BCUT2D eigenvalue weighted by molar-refractivity contribution is 5.94. The maximum atomic E-state index is 11.2. The SMILES string of the molecule is CC(=O)Cc1cccc(Oc2ccc(C(C)=O)cc2)c1. The van der Waals surface area contributed by atoms with Gasteiger partial charge in [0.05, 0.1) is 0 Å². The number of carbonyl (C=O) groups is 2. The zero-order chi connectivity index (χ0) is 14.5. The zero-order valence-electron chi connectivity index (χ0n) is 11.6. The molecule has 0 N–H and O–H groups in total. The van der Waals surface area contributed by atoms with Crippen LogP contribution in [0.1, 0.15) is 29.8 Å². The average molecular weight is 268 g/mol. The van der Waals surface area contributed by atoms with Gasteiger partial charge in [-0.15, -0.1) is 0 Å². The van der Waals surface area contributed by atoms with Crippen LogP contribution >= 0.6 is 0 Å². The third-order valence-corrected chi connectivity index (χ3v) is 2.85. The molecule has 0 amide bonds. The molecule has 3 heteroatoms. The highest BCUT2D eigenvalue weighted by Crippen LogP contribution is 2.23. The van der Waals surface area contributed by atoms with Crippen molar-refractivity contribution in [3.8, 4) is 11.5 Å². The van der Waals surface area contributed by atoms with Crippen LogP contribution in [0.4, 0.5) is 0 Å². The molecule has 0 spiro atoms. The number of hydrogen-bond acceptors (Lipinski definition) is 3. The minimum atomic E-state index is 0.0278. The molecule has 0 bridgehead atoms. The minimum Gasteiger partial charge on any atom is -0.457 e. The maximum absolute atomic E-state index is 11.2. The number of hydrogen-bond donors (Lipinski definition) is 0. The van der Waals surface area contributed by atoms with E-state index in [1.165, 1.54) is 6.92 Å². The summed E-state index contributed by atoms with van der Waals surface area (Å²) in [5, 5.41) is 0. The van der Waals surface area contributed by atoms with Crippen molar-refractivity contribution < 1.29 is 14.3 Å². The first-order chi connectivity index (χ1) is 9.54. The molecule has 20 heavy (non-hydrogen) atoms. The molecule has 0 radical (unpaired) electrons. The van der Waals surface area contributed by atoms with Crippen molar-refractivity contribution in [1.82, 2.24) is 0 Å². The van der Waals surface area contributed by atoms with E-state index in [0.29, 0.717) is 23.5 Å². The summed E-state index contributed by atoms with van der Waals surface area (Å²) in [6.07, 6.45) is 0.403. The van der Waals surface area contributed by atoms with Gasteiger partial charge in [-0.1, -0.05) is 12.1 Å². The first kappa shape index (κ1) is 14.0. The molecule has 3 nitrogen and oxygen atoms in total. The summed E-state index contributed by atoms with van der Waals surface area (Å²) in [6, 6.07) is 14.4. The molecule has 0 aliphatic rings. The highest BCUT2D eigenvalue weighted by atomic mass is 16.5. The van der Waals surface area contributed by atoms with Crippen LogP contribution in [-0.4, -0.2) is 11.6 Å². The van der Waals surface area contributed by atoms with Gasteiger partial charge < -0.3 is 4.74 Å². The van der Waals surface area contributed by atoms with Gasteiger partial charge in [0.2, 0.25) is 0 Å². The smallest absolute Gasteiger partial charge is 0.159 e. The van der Waals surface area contributed by atoms with E-state index in [4.69, 9.17) is 4.74 Å². The Kier molecular flexibility index (Phi) is 4.31. The molecule has 0 aliphatic carbocycles. The number of Topliss-reactive ketones (excluding diaryl/α,β-unsaturated/α-hetero) is 2. The van der Waals surface area contributed by atoms with Crippen molar-refractivity contribution in [2.45, 2.75) is 20.3 Å². The fraction of sp³-hybridized carbons (Fsp3) is 0.176. The van der Waals surface area contributed by atoms with Crippen molar-refractivity contribution in [3.63, 3.8) is 0 Å². The van der Waals surface area contributed by atoms with Crippen molar-refractivity contribution in [2.75, 3.05) is 0 Å². The monoisotopic (exact) mass is 268 g/mol. The molecule has 0 aliphatic heterocycles. The molecular weight excluding hydrogens is 252 g/mol. The number of ketones is 2. The summed E-state index contributed by atoms with van der Waals surface area (Å²) in [7, 11) is 0. The van der Waals surface area contributed by atoms with E-state index in [9.17, 15) is 9.59 Å². The van der Waals surface area contributed by atoms with E-state index in [1.807, 2.05) is 24.3 Å². The van der Waals surface area contributed by atoms with E-state index in [-0.39, 0.29) is 11.6 Å². The molecule has 2 aromatic rings. The molecule has 0 fully saturated rings. The van der Waals surface area contributed by atoms with E-state index in [1.54, 1.807) is 31.2 Å². The number of ether oxygens (including phenoxy) is 1. The second-order valence-corrected chi connectivity index (χ2v) is 4.71. The number of benzene rings is 2. The van der Waals surface area contributed by atoms with Crippen molar-refractivity contribution >= 4 is 11.6 Å².